The third-order valence-corrected chi connectivity index (χ3v) is 3.64. The number of likely N-dealkylation sites (N-methyl/N-ethyl adjacent to an activating group) is 2. The quantitative estimate of drug-likeness (QED) is 0.855. The third-order valence-electron chi connectivity index (χ3n) is 3.64. The van der Waals surface area contributed by atoms with Gasteiger partial charge in [-0.15, -0.1) is 0 Å². The number of nitrogens with zero attached hydrogens (tertiary/aromatic N) is 1. The topological polar surface area (TPSA) is 24.5 Å². The minimum atomic E-state index is 0.129. The van der Waals surface area contributed by atoms with E-state index in [4.69, 9.17) is 4.74 Å². The minimum Gasteiger partial charge on any atom is -0.496 e. The van der Waals surface area contributed by atoms with Crippen LogP contribution in [0, 0.1) is 13.8 Å². The average Bonchev–Trinajstić information content (AvgIpc) is 2.32. The molecule has 0 aliphatic heterocycles. The molecule has 0 aliphatic rings. The second-order valence-corrected chi connectivity index (χ2v) is 6.05. The Hall–Kier alpha value is -1.06. The predicted octanol–water partition coefficient (Wildman–Crippen LogP) is 2.74. The molecule has 0 amide bonds. The normalized spacial score (nSPS) is 12.0. The summed E-state index contributed by atoms with van der Waals surface area (Å²) in [5, 5.41) is 3.34. The Balaban J connectivity index is 2.80. The van der Waals surface area contributed by atoms with Crippen molar-refractivity contribution in [2.75, 3.05) is 27.7 Å². The summed E-state index contributed by atoms with van der Waals surface area (Å²) in [7, 11) is 5.90. The molecule has 1 aromatic rings. The number of rotatable bonds is 6. The fourth-order valence-electron chi connectivity index (χ4n) is 2.34. The zero-order valence-corrected chi connectivity index (χ0v) is 13.4. The van der Waals surface area contributed by atoms with E-state index in [-0.39, 0.29) is 5.54 Å². The van der Waals surface area contributed by atoms with Crippen molar-refractivity contribution < 1.29 is 4.74 Å². The fourth-order valence-corrected chi connectivity index (χ4v) is 2.34. The van der Waals surface area contributed by atoms with Crippen LogP contribution >= 0.6 is 0 Å². The Morgan fingerprint density at radius 3 is 2.37 bits per heavy atom. The van der Waals surface area contributed by atoms with Crippen molar-refractivity contribution in [2.45, 2.75) is 39.8 Å². The van der Waals surface area contributed by atoms with Gasteiger partial charge in [0.25, 0.3) is 0 Å². The summed E-state index contributed by atoms with van der Waals surface area (Å²) in [4.78, 5) is 2.35. The molecule has 0 heterocycles. The van der Waals surface area contributed by atoms with E-state index in [2.05, 4.69) is 57.1 Å². The van der Waals surface area contributed by atoms with Crippen molar-refractivity contribution in [3.8, 4) is 5.75 Å². The lowest BCUT2D eigenvalue weighted by Gasteiger charge is -2.30. The molecule has 0 atom stereocenters. The number of ether oxygens (including phenoxy) is 1. The van der Waals surface area contributed by atoms with Gasteiger partial charge in [0, 0.05) is 18.6 Å². The number of hydrogen-bond donors (Lipinski definition) is 1. The average molecular weight is 264 g/mol. The van der Waals surface area contributed by atoms with E-state index in [1.54, 1.807) is 7.11 Å². The van der Waals surface area contributed by atoms with Crippen molar-refractivity contribution in [3.05, 3.63) is 28.8 Å². The minimum absolute atomic E-state index is 0.129. The van der Waals surface area contributed by atoms with Crippen LogP contribution in [-0.4, -0.2) is 38.2 Å². The van der Waals surface area contributed by atoms with E-state index in [1.807, 2.05) is 7.05 Å². The molecule has 108 valence electrons. The maximum atomic E-state index is 5.36. The molecule has 3 nitrogen and oxygen atoms in total. The van der Waals surface area contributed by atoms with Gasteiger partial charge >= 0.3 is 0 Å². The van der Waals surface area contributed by atoms with E-state index in [0.29, 0.717) is 0 Å². The van der Waals surface area contributed by atoms with Gasteiger partial charge in [-0.05, 0) is 64.5 Å². The van der Waals surface area contributed by atoms with Crippen LogP contribution in [0.15, 0.2) is 12.1 Å². The second-order valence-electron chi connectivity index (χ2n) is 6.05. The van der Waals surface area contributed by atoms with E-state index >= 15 is 0 Å². The zero-order valence-electron chi connectivity index (χ0n) is 13.4. The van der Waals surface area contributed by atoms with Gasteiger partial charge in [0.2, 0.25) is 0 Å². The lowest BCUT2D eigenvalue weighted by molar-refractivity contribution is 0.238. The van der Waals surface area contributed by atoms with Crippen molar-refractivity contribution in [1.82, 2.24) is 10.2 Å². The SMILES string of the molecule is CNC(C)(C)CN(C)Cc1cc(C)c(OC)cc1C. The number of aryl methyl sites for hydroxylation is 2. The Bertz CT molecular complexity index is 427. The van der Waals surface area contributed by atoms with Crippen LogP contribution in [0.5, 0.6) is 5.75 Å². The monoisotopic (exact) mass is 264 g/mol. The first-order valence-corrected chi connectivity index (χ1v) is 6.80. The molecule has 3 heteroatoms. The number of nitrogens with one attached hydrogen (secondary N) is 1. The van der Waals surface area contributed by atoms with Gasteiger partial charge in [0.15, 0.2) is 0 Å². The zero-order chi connectivity index (χ0) is 14.6. The van der Waals surface area contributed by atoms with E-state index in [9.17, 15) is 0 Å². The lowest BCUT2D eigenvalue weighted by atomic mass is 10.0. The highest BCUT2D eigenvalue weighted by Gasteiger charge is 2.18. The summed E-state index contributed by atoms with van der Waals surface area (Å²) in [6, 6.07) is 4.36. The van der Waals surface area contributed by atoms with Crippen LogP contribution in [0.3, 0.4) is 0 Å². The fraction of sp³-hybridized carbons (Fsp3) is 0.625. The molecule has 0 fully saturated rings. The molecule has 1 N–H and O–H groups in total. The highest BCUT2D eigenvalue weighted by molar-refractivity contribution is 5.41. The van der Waals surface area contributed by atoms with Crippen LogP contribution in [0.25, 0.3) is 0 Å². The maximum absolute atomic E-state index is 5.36. The van der Waals surface area contributed by atoms with Gasteiger partial charge < -0.3 is 15.0 Å². The Morgan fingerprint density at radius 2 is 1.84 bits per heavy atom. The van der Waals surface area contributed by atoms with Gasteiger partial charge in [0.1, 0.15) is 5.75 Å². The summed E-state index contributed by atoms with van der Waals surface area (Å²) < 4.78 is 5.36. The van der Waals surface area contributed by atoms with Crippen LogP contribution in [-0.2, 0) is 6.54 Å². The van der Waals surface area contributed by atoms with Crippen LogP contribution in [0.2, 0.25) is 0 Å². The summed E-state index contributed by atoms with van der Waals surface area (Å²) in [6.07, 6.45) is 0. The van der Waals surface area contributed by atoms with Gasteiger partial charge in [-0.3, -0.25) is 0 Å². The molecule has 0 saturated carbocycles. The van der Waals surface area contributed by atoms with Crippen molar-refractivity contribution in [3.63, 3.8) is 0 Å². The molecule has 0 aliphatic carbocycles. The molecular weight excluding hydrogens is 236 g/mol. The van der Waals surface area contributed by atoms with Gasteiger partial charge in [0.05, 0.1) is 7.11 Å². The van der Waals surface area contributed by atoms with Crippen LogP contribution < -0.4 is 10.1 Å². The van der Waals surface area contributed by atoms with E-state index < -0.39 is 0 Å². The van der Waals surface area contributed by atoms with Crippen molar-refractivity contribution in [2.24, 2.45) is 0 Å². The van der Waals surface area contributed by atoms with Crippen molar-refractivity contribution >= 4 is 0 Å². The maximum Gasteiger partial charge on any atom is 0.122 e. The first-order valence-electron chi connectivity index (χ1n) is 6.80. The smallest absolute Gasteiger partial charge is 0.122 e. The summed E-state index contributed by atoms with van der Waals surface area (Å²) >= 11 is 0. The molecule has 0 radical (unpaired) electrons. The van der Waals surface area contributed by atoms with Gasteiger partial charge in [-0.2, -0.15) is 0 Å². The lowest BCUT2D eigenvalue weighted by Crippen LogP contribution is -2.46. The third kappa shape index (κ3) is 4.51. The van der Waals surface area contributed by atoms with Crippen molar-refractivity contribution in [1.29, 1.82) is 0 Å². The standard InChI is InChI=1S/C16H28N2O/c1-12-9-15(19-7)13(2)8-14(12)10-18(6)11-16(3,4)17-5/h8-9,17H,10-11H2,1-7H3. The first kappa shape index (κ1) is 16.0. The Kier molecular flexibility index (Phi) is 5.39. The Labute approximate surface area is 118 Å². The molecule has 0 saturated heterocycles. The summed E-state index contributed by atoms with van der Waals surface area (Å²) in [5.74, 6) is 0.972. The van der Waals surface area contributed by atoms with E-state index in [1.165, 1.54) is 16.7 Å². The Morgan fingerprint density at radius 1 is 1.21 bits per heavy atom. The number of hydrogen-bond acceptors (Lipinski definition) is 3. The van der Waals surface area contributed by atoms with E-state index in [0.717, 1.165) is 18.8 Å². The second kappa shape index (κ2) is 6.40. The van der Waals surface area contributed by atoms with Crippen LogP contribution in [0.4, 0.5) is 0 Å². The molecule has 0 spiro atoms. The molecule has 0 aromatic heterocycles. The van der Waals surface area contributed by atoms with Gasteiger partial charge in [-0.1, -0.05) is 6.07 Å². The first-order chi connectivity index (χ1) is 8.79. The molecule has 1 aromatic carbocycles. The van der Waals surface area contributed by atoms with Gasteiger partial charge in [-0.25, -0.2) is 0 Å². The number of methoxy groups -OCH3 is 1. The largest absolute Gasteiger partial charge is 0.496 e. The molecule has 0 bridgehead atoms. The van der Waals surface area contributed by atoms with Crippen LogP contribution in [0.1, 0.15) is 30.5 Å². The number of benzene rings is 1. The predicted molar refractivity (Wildman–Crippen MR) is 81.9 cm³/mol. The molecule has 19 heavy (non-hydrogen) atoms. The molecule has 0 unspecified atom stereocenters. The molecule has 1 rings (SSSR count). The highest BCUT2D eigenvalue weighted by Crippen LogP contribution is 2.23. The summed E-state index contributed by atoms with van der Waals surface area (Å²) in [6.45, 7) is 10.6. The molecular formula is C16H28N2O. The highest BCUT2D eigenvalue weighted by atomic mass is 16.5. The summed E-state index contributed by atoms with van der Waals surface area (Å²) in [5.41, 5.74) is 3.98.